The van der Waals surface area contributed by atoms with Gasteiger partial charge in [0.2, 0.25) is 11.1 Å². The van der Waals surface area contributed by atoms with Crippen LogP contribution in [0.15, 0.2) is 29.4 Å². The molecule has 0 aliphatic rings. The van der Waals surface area contributed by atoms with Crippen LogP contribution in [-0.4, -0.2) is 38.9 Å². The number of fused-ring (bicyclic) bond motifs is 1. The van der Waals surface area contributed by atoms with Gasteiger partial charge >= 0.3 is 0 Å². The number of nitrogens with zero attached hydrogens (tertiary/aromatic N) is 4. The fourth-order valence-electron chi connectivity index (χ4n) is 2.95. The predicted molar refractivity (Wildman–Crippen MR) is 105 cm³/mol. The van der Waals surface area contributed by atoms with Crippen molar-refractivity contribution in [3.63, 3.8) is 0 Å². The summed E-state index contributed by atoms with van der Waals surface area (Å²) in [7, 11) is 1.67. The van der Waals surface area contributed by atoms with Crippen molar-refractivity contribution in [1.82, 2.24) is 24.9 Å². The van der Waals surface area contributed by atoms with Crippen LogP contribution in [0.5, 0.6) is 0 Å². The van der Waals surface area contributed by atoms with Gasteiger partial charge in [-0.2, -0.15) is 4.98 Å². The molecule has 27 heavy (non-hydrogen) atoms. The average Bonchev–Trinajstić information content (AvgIpc) is 3.07. The molecule has 0 unspecified atom stereocenters. The van der Waals surface area contributed by atoms with Gasteiger partial charge in [0.25, 0.3) is 5.78 Å². The highest BCUT2D eigenvalue weighted by Crippen LogP contribution is 2.17. The Labute approximate surface area is 162 Å². The van der Waals surface area contributed by atoms with Crippen molar-refractivity contribution < 1.29 is 9.53 Å². The van der Waals surface area contributed by atoms with Crippen molar-refractivity contribution in [3.8, 4) is 0 Å². The van der Waals surface area contributed by atoms with Crippen LogP contribution < -0.4 is 5.32 Å². The SMILES string of the molecule is COCc1cccc(CNC(=O)Cc2c(C)nc3nc(SC)nn3c2C)c1. The van der Waals surface area contributed by atoms with E-state index in [1.165, 1.54) is 11.8 Å². The molecule has 0 aliphatic heterocycles. The van der Waals surface area contributed by atoms with E-state index in [1.54, 1.807) is 11.6 Å². The minimum absolute atomic E-state index is 0.0512. The van der Waals surface area contributed by atoms with Crippen molar-refractivity contribution in [2.24, 2.45) is 0 Å². The lowest BCUT2D eigenvalue weighted by atomic mass is 10.1. The van der Waals surface area contributed by atoms with E-state index >= 15 is 0 Å². The maximum absolute atomic E-state index is 12.5. The third kappa shape index (κ3) is 4.45. The summed E-state index contributed by atoms with van der Waals surface area (Å²) in [5.74, 6) is 0.512. The maximum Gasteiger partial charge on any atom is 0.253 e. The number of carbonyl (C=O) groups is 1. The Morgan fingerprint density at radius 3 is 2.78 bits per heavy atom. The Balaban J connectivity index is 1.71. The fraction of sp³-hybridized carbons (Fsp3) is 0.368. The van der Waals surface area contributed by atoms with E-state index in [0.717, 1.165) is 28.1 Å². The van der Waals surface area contributed by atoms with Gasteiger partial charge in [-0.1, -0.05) is 36.0 Å². The Bertz CT molecular complexity index is 970. The number of carbonyl (C=O) groups excluding carboxylic acids is 1. The molecule has 0 bridgehead atoms. The van der Waals surface area contributed by atoms with Gasteiger partial charge in [0.1, 0.15) is 0 Å². The Hall–Kier alpha value is -2.45. The minimum atomic E-state index is -0.0512. The maximum atomic E-state index is 12.5. The number of benzene rings is 1. The molecule has 0 saturated carbocycles. The van der Waals surface area contributed by atoms with Gasteiger partial charge in [-0.3, -0.25) is 4.79 Å². The molecule has 2 heterocycles. The zero-order valence-corrected chi connectivity index (χ0v) is 16.8. The van der Waals surface area contributed by atoms with Crippen LogP contribution in [0.3, 0.4) is 0 Å². The summed E-state index contributed by atoms with van der Waals surface area (Å²) in [6, 6.07) is 8.00. The molecule has 8 heteroatoms. The van der Waals surface area contributed by atoms with Crippen molar-refractivity contribution in [2.75, 3.05) is 13.4 Å². The van der Waals surface area contributed by atoms with E-state index in [2.05, 4.69) is 20.4 Å². The Kier molecular flexibility index (Phi) is 6.08. The van der Waals surface area contributed by atoms with Gasteiger partial charge in [-0.05, 0) is 31.2 Å². The summed E-state index contributed by atoms with van der Waals surface area (Å²) in [4.78, 5) is 21.3. The molecule has 3 rings (SSSR count). The number of aromatic nitrogens is 4. The number of thioether (sulfide) groups is 1. The number of nitrogens with one attached hydrogen (secondary N) is 1. The van der Waals surface area contributed by atoms with Crippen LogP contribution in [0.2, 0.25) is 0 Å². The first-order chi connectivity index (χ1) is 13.0. The molecular formula is C19H23N5O2S. The molecule has 7 nitrogen and oxygen atoms in total. The van der Waals surface area contributed by atoms with E-state index in [-0.39, 0.29) is 12.3 Å². The molecule has 2 aromatic heterocycles. The number of methoxy groups -OCH3 is 1. The minimum Gasteiger partial charge on any atom is -0.380 e. The second-order valence-electron chi connectivity index (χ2n) is 6.28. The molecule has 0 fully saturated rings. The second kappa shape index (κ2) is 8.49. The molecule has 0 spiro atoms. The highest BCUT2D eigenvalue weighted by atomic mass is 32.2. The summed E-state index contributed by atoms with van der Waals surface area (Å²) in [5, 5.41) is 8.07. The lowest BCUT2D eigenvalue weighted by molar-refractivity contribution is -0.120. The van der Waals surface area contributed by atoms with Crippen LogP contribution >= 0.6 is 11.8 Å². The van der Waals surface area contributed by atoms with Gasteiger partial charge in [-0.25, -0.2) is 9.50 Å². The molecule has 0 aliphatic carbocycles. The molecule has 3 aromatic rings. The second-order valence-corrected chi connectivity index (χ2v) is 7.05. The molecule has 142 valence electrons. The Morgan fingerprint density at radius 2 is 2.04 bits per heavy atom. The van der Waals surface area contributed by atoms with Crippen LogP contribution in [0.25, 0.3) is 5.78 Å². The largest absolute Gasteiger partial charge is 0.380 e. The summed E-state index contributed by atoms with van der Waals surface area (Å²) >= 11 is 1.47. The number of aryl methyl sites for hydroxylation is 2. The van der Waals surface area contributed by atoms with Crippen molar-refractivity contribution >= 4 is 23.4 Å². The number of hydrogen-bond donors (Lipinski definition) is 1. The number of ether oxygens (including phenoxy) is 1. The first-order valence-electron chi connectivity index (χ1n) is 8.62. The molecule has 1 N–H and O–H groups in total. The van der Waals surface area contributed by atoms with E-state index in [4.69, 9.17) is 4.74 Å². The van der Waals surface area contributed by atoms with Gasteiger partial charge < -0.3 is 10.1 Å². The molecule has 1 amide bonds. The Morgan fingerprint density at radius 1 is 1.26 bits per heavy atom. The molecule has 0 atom stereocenters. The fourth-order valence-corrected chi connectivity index (χ4v) is 3.29. The van der Waals surface area contributed by atoms with Crippen LogP contribution in [0.4, 0.5) is 0 Å². The highest BCUT2D eigenvalue weighted by Gasteiger charge is 2.15. The number of hydrogen-bond acceptors (Lipinski definition) is 6. The number of rotatable bonds is 7. The highest BCUT2D eigenvalue weighted by molar-refractivity contribution is 7.98. The van der Waals surface area contributed by atoms with Crippen molar-refractivity contribution in [3.05, 3.63) is 52.3 Å². The molecule has 0 saturated heterocycles. The quantitative estimate of drug-likeness (QED) is 0.629. The van der Waals surface area contributed by atoms with Crippen molar-refractivity contribution in [2.45, 2.75) is 38.6 Å². The van der Waals surface area contributed by atoms with E-state index in [9.17, 15) is 4.79 Å². The summed E-state index contributed by atoms with van der Waals surface area (Å²) in [6.45, 7) is 4.88. The third-order valence-corrected chi connectivity index (χ3v) is 4.88. The summed E-state index contributed by atoms with van der Waals surface area (Å²) < 4.78 is 6.85. The van der Waals surface area contributed by atoms with Crippen LogP contribution in [-0.2, 0) is 29.1 Å². The first kappa shape index (κ1) is 19.3. The predicted octanol–water partition coefficient (Wildman–Crippen LogP) is 2.47. The van der Waals surface area contributed by atoms with Gasteiger partial charge in [0.05, 0.1) is 13.0 Å². The number of amides is 1. The summed E-state index contributed by atoms with van der Waals surface area (Å²) in [6.07, 6.45) is 2.18. The third-order valence-electron chi connectivity index (χ3n) is 4.34. The topological polar surface area (TPSA) is 81.4 Å². The van der Waals surface area contributed by atoms with E-state index in [0.29, 0.717) is 24.1 Å². The zero-order chi connectivity index (χ0) is 19.4. The van der Waals surface area contributed by atoms with Crippen LogP contribution in [0.1, 0.15) is 28.1 Å². The lowest BCUT2D eigenvalue weighted by Gasteiger charge is -2.11. The zero-order valence-electron chi connectivity index (χ0n) is 15.9. The van der Waals surface area contributed by atoms with Gasteiger partial charge in [0, 0.05) is 30.6 Å². The summed E-state index contributed by atoms with van der Waals surface area (Å²) in [5.41, 5.74) is 4.70. The molecule has 0 radical (unpaired) electrons. The van der Waals surface area contributed by atoms with E-state index < -0.39 is 0 Å². The van der Waals surface area contributed by atoms with Crippen molar-refractivity contribution in [1.29, 1.82) is 0 Å². The standard InChI is InChI=1S/C19H23N5O2S/c1-12-16(13(2)24-18(21-12)22-19(23-24)27-4)9-17(25)20-10-14-6-5-7-15(8-14)11-26-3/h5-8H,9-11H2,1-4H3,(H,20,25). The molecule has 1 aromatic carbocycles. The van der Waals surface area contributed by atoms with Crippen LogP contribution in [0, 0.1) is 13.8 Å². The van der Waals surface area contributed by atoms with E-state index in [1.807, 2.05) is 44.4 Å². The normalized spacial score (nSPS) is 11.1. The van der Waals surface area contributed by atoms with Gasteiger partial charge in [-0.15, -0.1) is 5.10 Å². The first-order valence-corrected chi connectivity index (χ1v) is 9.84. The van der Waals surface area contributed by atoms with Gasteiger partial charge in [0.15, 0.2) is 0 Å². The smallest absolute Gasteiger partial charge is 0.253 e. The lowest BCUT2D eigenvalue weighted by Crippen LogP contribution is -2.26. The average molecular weight is 385 g/mol. The molecular weight excluding hydrogens is 362 g/mol. The monoisotopic (exact) mass is 385 g/mol.